The normalized spacial score (nSPS) is 15.0. The Morgan fingerprint density at radius 1 is 1.32 bits per heavy atom. The summed E-state index contributed by atoms with van der Waals surface area (Å²) in [6.07, 6.45) is 4.67. The molecule has 0 radical (unpaired) electrons. The van der Waals surface area contributed by atoms with Crippen molar-refractivity contribution in [3.63, 3.8) is 0 Å². The van der Waals surface area contributed by atoms with Gasteiger partial charge in [0.05, 0.1) is 0 Å². The van der Waals surface area contributed by atoms with Crippen molar-refractivity contribution in [2.24, 2.45) is 0 Å². The fourth-order valence-corrected chi connectivity index (χ4v) is 2.88. The molecule has 5 heteroatoms. The Balaban J connectivity index is 1.68. The first-order valence-corrected chi connectivity index (χ1v) is 7.75. The van der Waals surface area contributed by atoms with Crippen molar-refractivity contribution in [3.8, 4) is 0 Å². The second-order valence-corrected chi connectivity index (χ2v) is 5.83. The second kappa shape index (κ2) is 6.22. The monoisotopic (exact) mass is 299 g/mol. The highest BCUT2D eigenvalue weighted by atomic mass is 16.5. The van der Waals surface area contributed by atoms with Gasteiger partial charge in [-0.15, -0.1) is 0 Å². The molecule has 1 aromatic heterocycles. The Labute approximate surface area is 130 Å². The van der Waals surface area contributed by atoms with Crippen LogP contribution in [0.4, 0.5) is 11.5 Å². The number of hydrogen-bond donors (Lipinski definition) is 2. The maximum absolute atomic E-state index is 12.2. The highest BCUT2D eigenvalue weighted by Crippen LogP contribution is 2.28. The third-order valence-corrected chi connectivity index (χ3v) is 4.04. The van der Waals surface area contributed by atoms with Crippen LogP contribution in [0.2, 0.25) is 0 Å². The number of fused-ring (bicyclic) bond motifs is 1. The van der Waals surface area contributed by atoms with E-state index in [2.05, 4.69) is 27.9 Å². The van der Waals surface area contributed by atoms with Gasteiger partial charge in [-0.2, -0.15) is 0 Å². The van der Waals surface area contributed by atoms with Crippen molar-refractivity contribution in [2.45, 2.75) is 45.6 Å². The average molecular weight is 299 g/mol. The van der Waals surface area contributed by atoms with E-state index in [0.717, 1.165) is 18.5 Å². The van der Waals surface area contributed by atoms with E-state index in [0.29, 0.717) is 11.6 Å². The summed E-state index contributed by atoms with van der Waals surface area (Å²) in [5.74, 6) is 1.00. The number of anilines is 2. The second-order valence-electron chi connectivity index (χ2n) is 5.83. The summed E-state index contributed by atoms with van der Waals surface area (Å²) in [4.78, 5) is 12.2. The topological polar surface area (TPSA) is 67.2 Å². The number of carbonyl (C=O) groups excluding carboxylic acids is 1. The fraction of sp³-hybridized carbons (Fsp3) is 0.412. The fourth-order valence-electron chi connectivity index (χ4n) is 2.88. The van der Waals surface area contributed by atoms with Gasteiger partial charge in [0.2, 0.25) is 5.91 Å². The van der Waals surface area contributed by atoms with Crippen LogP contribution < -0.4 is 10.6 Å². The molecule has 2 N–H and O–H groups in total. The standard InChI is InChI=1S/C17H21N3O2/c1-11-10-16(20-22-11)19-17(21)12(2)18-15-9-5-7-13-6-3-4-8-14(13)15/h5,7,9-10,12,18H,3-4,6,8H2,1-2H3,(H,19,20,21)/t12-/m1/s1. The minimum absolute atomic E-state index is 0.123. The number of nitrogens with one attached hydrogen (secondary N) is 2. The molecule has 3 rings (SSSR count). The van der Waals surface area contributed by atoms with E-state index in [1.54, 1.807) is 13.0 Å². The molecular formula is C17H21N3O2. The number of carbonyl (C=O) groups is 1. The Morgan fingerprint density at radius 2 is 2.14 bits per heavy atom. The van der Waals surface area contributed by atoms with Gasteiger partial charge in [-0.25, -0.2) is 0 Å². The van der Waals surface area contributed by atoms with Crippen LogP contribution in [-0.2, 0) is 17.6 Å². The zero-order chi connectivity index (χ0) is 15.5. The van der Waals surface area contributed by atoms with Crippen LogP contribution in [0.15, 0.2) is 28.8 Å². The average Bonchev–Trinajstić information content (AvgIpc) is 2.92. The smallest absolute Gasteiger partial charge is 0.247 e. The molecule has 0 saturated heterocycles. The number of rotatable bonds is 4. The zero-order valence-electron chi connectivity index (χ0n) is 13.0. The van der Waals surface area contributed by atoms with Crippen LogP contribution >= 0.6 is 0 Å². The number of nitrogens with zero attached hydrogens (tertiary/aromatic N) is 1. The highest BCUT2D eigenvalue weighted by molar-refractivity contribution is 5.95. The van der Waals surface area contributed by atoms with Gasteiger partial charge in [-0.05, 0) is 56.7 Å². The van der Waals surface area contributed by atoms with Crippen LogP contribution in [0.1, 0.15) is 36.7 Å². The number of aromatic nitrogens is 1. The van der Waals surface area contributed by atoms with Crippen LogP contribution in [0.5, 0.6) is 0 Å². The summed E-state index contributed by atoms with van der Waals surface area (Å²) in [5.41, 5.74) is 3.82. The largest absolute Gasteiger partial charge is 0.374 e. The first kappa shape index (κ1) is 14.6. The van der Waals surface area contributed by atoms with Crippen LogP contribution in [0.25, 0.3) is 0 Å². The van der Waals surface area contributed by atoms with E-state index in [9.17, 15) is 4.79 Å². The molecule has 2 aromatic rings. The highest BCUT2D eigenvalue weighted by Gasteiger charge is 2.18. The molecule has 1 heterocycles. The molecule has 0 saturated carbocycles. The zero-order valence-corrected chi connectivity index (χ0v) is 13.0. The van der Waals surface area contributed by atoms with Crippen molar-refractivity contribution in [2.75, 3.05) is 10.6 Å². The summed E-state index contributed by atoms with van der Waals surface area (Å²) < 4.78 is 4.95. The van der Waals surface area contributed by atoms with Gasteiger partial charge in [0.25, 0.3) is 0 Å². The Bertz CT molecular complexity index is 678. The molecule has 1 aliphatic carbocycles. The molecule has 116 valence electrons. The molecule has 22 heavy (non-hydrogen) atoms. The first-order chi connectivity index (χ1) is 10.6. The quantitative estimate of drug-likeness (QED) is 0.909. The lowest BCUT2D eigenvalue weighted by Crippen LogP contribution is -2.32. The summed E-state index contributed by atoms with van der Waals surface area (Å²) in [7, 11) is 0. The number of amides is 1. The summed E-state index contributed by atoms with van der Waals surface area (Å²) in [6, 6.07) is 7.65. The van der Waals surface area contributed by atoms with Crippen LogP contribution in [0.3, 0.4) is 0 Å². The van der Waals surface area contributed by atoms with E-state index < -0.39 is 0 Å². The third-order valence-electron chi connectivity index (χ3n) is 4.04. The van der Waals surface area contributed by atoms with E-state index in [1.807, 2.05) is 13.0 Å². The van der Waals surface area contributed by atoms with Crippen molar-refractivity contribution in [1.29, 1.82) is 0 Å². The van der Waals surface area contributed by atoms with E-state index in [-0.39, 0.29) is 11.9 Å². The van der Waals surface area contributed by atoms with Gasteiger partial charge in [-0.3, -0.25) is 4.79 Å². The minimum atomic E-state index is -0.342. The Morgan fingerprint density at radius 3 is 2.91 bits per heavy atom. The van der Waals surface area contributed by atoms with Crippen molar-refractivity contribution in [3.05, 3.63) is 41.2 Å². The molecule has 1 aromatic carbocycles. The van der Waals surface area contributed by atoms with Gasteiger partial charge in [0, 0.05) is 11.8 Å². The van der Waals surface area contributed by atoms with E-state index in [4.69, 9.17) is 4.52 Å². The summed E-state index contributed by atoms with van der Waals surface area (Å²) in [6.45, 7) is 3.64. The van der Waals surface area contributed by atoms with Crippen molar-refractivity contribution < 1.29 is 9.32 Å². The molecule has 0 unspecified atom stereocenters. The van der Waals surface area contributed by atoms with Crippen LogP contribution in [0, 0.1) is 6.92 Å². The van der Waals surface area contributed by atoms with Crippen LogP contribution in [-0.4, -0.2) is 17.1 Å². The van der Waals surface area contributed by atoms with Gasteiger partial charge in [-0.1, -0.05) is 17.3 Å². The molecule has 1 atom stereocenters. The van der Waals surface area contributed by atoms with Gasteiger partial charge in [0.1, 0.15) is 11.8 Å². The lowest BCUT2D eigenvalue weighted by Gasteiger charge is -2.22. The molecule has 5 nitrogen and oxygen atoms in total. The molecule has 0 spiro atoms. The number of hydrogen-bond acceptors (Lipinski definition) is 4. The van der Waals surface area contributed by atoms with Gasteiger partial charge in [0.15, 0.2) is 5.82 Å². The Kier molecular flexibility index (Phi) is 4.13. The summed E-state index contributed by atoms with van der Waals surface area (Å²) in [5, 5.41) is 9.86. The van der Waals surface area contributed by atoms with Gasteiger partial charge < -0.3 is 15.2 Å². The number of benzene rings is 1. The minimum Gasteiger partial charge on any atom is -0.374 e. The molecule has 0 fully saturated rings. The van der Waals surface area contributed by atoms with Crippen molar-refractivity contribution >= 4 is 17.4 Å². The molecular weight excluding hydrogens is 278 g/mol. The van der Waals surface area contributed by atoms with E-state index in [1.165, 1.54) is 24.0 Å². The summed E-state index contributed by atoms with van der Waals surface area (Å²) >= 11 is 0. The SMILES string of the molecule is Cc1cc(NC(=O)[C@@H](C)Nc2cccc3c2CCCC3)no1. The van der Waals surface area contributed by atoms with Gasteiger partial charge >= 0.3 is 0 Å². The first-order valence-electron chi connectivity index (χ1n) is 7.75. The third kappa shape index (κ3) is 3.13. The molecule has 1 aliphatic rings. The maximum Gasteiger partial charge on any atom is 0.247 e. The lowest BCUT2D eigenvalue weighted by molar-refractivity contribution is -0.116. The molecule has 0 bridgehead atoms. The Hall–Kier alpha value is -2.30. The number of aryl methyl sites for hydroxylation is 2. The predicted octanol–water partition coefficient (Wildman–Crippen LogP) is 3.30. The predicted molar refractivity (Wildman–Crippen MR) is 86.0 cm³/mol. The molecule has 1 amide bonds. The van der Waals surface area contributed by atoms with Crippen molar-refractivity contribution in [1.82, 2.24) is 5.16 Å². The van der Waals surface area contributed by atoms with E-state index >= 15 is 0 Å². The lowest BCUT2D eigenvalue weighted by atomic mass is 9.90. The molecule has 0 aliphatic heterocycles. The maximum atomic E-state index is 12.2.